The second-order valence-corrected chi connectivity index (χ2v) is 5.08. The zero-order valence-electron chi connectivity index (χ0n) is 9.35. The molecule has 0 aliphatic heterocycles. The predicted molar refractivity (Wildman–Crippen MR) is 59.9 cm³/mol. The molecule has 1 aromatic heterocycles. The standard InChI is InChI=1S/C12H17N3O/c16-12(11-5-13-14-6-11)15(7-9-1-2-9)8-10-3-4-10/h5-6,9-10H,1-4,7-8H2,(H,13,14). The Balaban J connectivity index is 1.67. The number of nitrogens with zero attached hydrogens (tertiary/aromatic N) is 2. The van der Waals surface area contributed by atoms with Crippen molar-refractivity contribution in [1.82, 2.24) is 15.1 Å². The normalized spacial score (nSPS) is 19.8. The lowest BCUT2D eigenvalue weighted by molar-refractivity contribution is 0.0739. The molecule has 16 heavy (non-hydrogen) atoms. The summed E-state index contributed by atoms with van der Waals surface area (Å²) in [5.41, 5.74) is 0.696. The number of hydrogen-bond donors (Lipinski definition) is 1. The molecular formula is C12H17N3O. The summed E-state index contributed by atoms with van der Waals surface area (Å²) < 4.78 is 0. The second kappa shape index (κ2) is 3.92. The van der Waals surface area contributed by atoms with E-state index >= 15 is 0 Å². The van der Waals surface area contributed by atoms with E-state index in [9.17, 15) is 4.79 Å². The van der Waals surface area contributed by atoms with Crippen LogP contribution in [0.15, 0.2) is 12.4 Å². The van der Waals surface area contributed by atoms with Gasteiger partial charge in [0.15, 0.2) is 0 Å². The van der Waals surface area contributed by atoms with Crippen molar-refractivity contribution >= 4 is 5.91 Å². The molecule has 0 atom stereocenters. The molecule has 0 unspecified atom stereocenters. The summed E-state index contributed by atoms with van der Waals surface area (Å²) in [5.74, 6) is 1.66. The fourth-order valence-corrected chi connectivity index (χ4v) is 2.01. The molecule has 1 N–H and O–H groups in total. The van der Waals surface area contributed by atoms with Gasteiger partial charge < -0.3 is 4.90 Å². The SMILES string of the molecule is O=C(c1cn[nH]c1)N(CC1CC1)CC1CC1. The van der Waals surface area contributed by atoms with Crippen LogP contribution in [0.1, 0.15) is 36.0 Å². The average Bonchev–Trinajstić information content (AvgIpc) is 3.20. The zero-order valence-corrected chi connectivity index (χ0v) is 9.35. The van der Waals surface area contributed by atoms with E-state index in [2.05, 4.69) is 10.2 Å². The number of rotatable bonds is 5. The lowest BCUT2D eigenvalue weighted by Crippen LogP contribution is -2.34. The molecule has 0 spiro atoms. The van der Waals surface area contributed by atoms with Gasteiger partial charge in [-0.05, 0) is 37.5 Å². The monoisotopic (exact) mass is 219 g/mol. The quantitative estimate of drug-likeness (QED) is 0.819. The highest BCUT2D eigenvalue weighted by molar-refractivity contribution is 5.93. The molecule has 1 amide bonds. The molecule has 2 aliphatic carbocycles. The summed E-state index contributed by atoms with van der Waals surface area (Å²) in [6, 6.07) is 0. The van der Waals surface area contributed by atoms with Gasteiger partial charge in [0.1, 0.15) is 0 Å². The van der Waals surface area contributed by atoms with E-state index in [-0.39, 0.29) is 5.91 Å². The van der Waals surface area contributed by atoms with Crippen molar-refractivity contribution in [2.45, 2.75) is 25.7 Å². The van der Waals surface area contributed by atoms with Crippen LogP contribution in [0.3, 0.4) is 0 Å². The van der Waals surface area contributed by atoms with Crippen LogP contribution in [0.4, 0.5) is 0 Å². The Hall–Kier alpha value is -1.32. The van der Waals surface area contributed by atoms with Gasteiger partial charge in [-0.15, -0.1) is 0 Å². The van der Waals surface area contributed by atoms with E-state index in [1.807, 2.05) is 4.90 Å². The van der Waals surface area contributed by atoms with Gasteiger partial charge in [-0.2, -0.15) is 5.10 Å². The summed E-state index contributed by atoms with van der Waals surface area (Å²) in [6.45, 7) is 1.89. The van der Waals surface area contributed by atoms with Crippen LogP contribution >= 0.6 is 0 Å². The van der Waals surface area contributed by atoms with Gasteiger partial charge in [0.2, 0.25) is 0 Å². The van der Waals surface area contributed by atoms with Gasteiger partial charge in [-0.1, -0.05) is 0 Å². The first kappa shape index (κ1) is 9.87. The van der Waals surface area contributed by atoms with Crippen molar-refractivity contribution in [2.75, 3.05) is 13.1 Å². The van der Waals surface area contributed by atoms with Crippen LogP contribution in [0.2, 0.25) is 0 Å². The summed E-state index contributed by atoms with van der Waals surface area (Å²) in [4.78, 5) is 14.2. The lowest BCUT2D eigenvalue weighted by atomic mass is 10.2. The minimum atomic E-state index is 0.146. The van der Waals surface area contributed by atoms with Crippen molar-refractivity contribution in [3.8, 4) is 0 Å². The minimum Gasteiger partial charge on any atom is -0.338 e. The number of carbonyl (C=O) groups is 1. The lowest BCUT2D eigenvalue weighted by Gasteiger charge is -2.21. The summed E-state index contributed by atoms with van der Waals surface area (Å²) >= 11 is 0. The Bertz CT molecular complexity index is 352. The van der Waals surface area contributed by atoms with Crippen LogP contribution in [0, 0.1) is 11.8 Å². The Morgan fingerprint density at radius 1 is 1.31 bits per heavy atom. The van der Waals surface area contributed by atoms with Gasteiger partial charge in [-0.25, -0.2) is 0 Å². The Kier molecular flexibility index (Phi) is 2.42. The highest BCUT2D eigenvalue weighted by atomic mass is 16.2. The Morgan fingerprint density at radius 2 is 1.94 bits per heavy atom. The van der Waals surface area contributed by atoms with E-state index in [0.717, 1.165) is 24.9 Å². The molecule has 3 rings (SSSR count). The fraction of sp³-hybridized carbons (Fsp3) is 0.667. The first-order valence-corrected chi connectivity index (χ1v) is 6.11. The van der Waals surface area contributed by atoms with Gasteiger partial charge in [0, 0.05) is 19.3 Å². The van der Waals surface area contributed by atoms with Gasteiger partial charge >= 0.3 is 0 Å². The largest absolute Gasteiger partial charge is 0.338 e. The molecule has 2 saturated carbocycles. The summed E-state index contributed by atoms with van der Waals surface area (Å²) in [7, 11) is 0. The molecule has 0 aromatic carbocycles. The van der Waals surface area contributed by atoms with Crippen LogP contribution in [-0.2, 0) is 0 Å². The predicted octanol–water partition coefficient (Wildman–Crippen LogP) is 1.67. The maximum Gasteiger partial charge on any atom is 0.257 e. The zero-order chi connectivity index (χ0) is 11.0. The fourth-order valence-electron chi connectivity index (χ4n) is 2.01. The van der Waals surface area contributed by atoms with Crippen molar-refractivity contribution in [3.05, 3.63) is 18.0 Å². The molecule has 2 aliphatic rings. The molecule has 4 nitrogen and oxygen atoms in total. The highest BCUT2D eigenvalue weighted by Gasteiger charge is 2.31. The number of H-pyrrole nitrogens is 1. The smallest absolute Gasteiger partial charge is 0.257 e. The number of aromatic amines is 1. The minimum absolute atomic E-state index is 0.146. The topological polar surface area (TPSA) is 49.0 Å². The molecule has 86 valence electrons. The maximum absolute atomic E-state index is 12.2. The number of nitrogens with one attached hydrogen (secondary N) is 1. The Labute approximate surface area is 95.0 Å². The molecule has 0 radical (unpaired) electrons. The molecule has 2 fully saturated rings. The van der Waals surface area contributed by atoms with Crippen molar-refractivity contribution in [1.29, 1.82) is 0 Å². The third kappa shape index (κ3) is 2.26. The summed E-state index contributed by atoms with van der Waals surface area (Å²) in [5, 5.41) is 6.55. The molecule has 0 saturated heterocycles. The van der Waals surface area contributed by atoms with E-state index in [4.69, 9.17) is 0 Å². The number of amides is 1. The number of aromatic nitrogens is 2. The summed E-state index contributed by atoms with van der Waals surface area (Å²) in [6.07, 6.45) is 8.48. The Morgan fingerprint density at radius 3 is 2.38 bits per heavy atom. The first-order valence-electron chi connectivity index (χ1n) is 6.11. The molecule has 0 bridgehead atoms. The third-order valence-electron chi connectivity index (χ3n) is 3.38. The first-order chi connectivity index (χ1) is 7.83. The van der Waals surface area contributed by atoms with Gasteiger partial charge in [-0.3, -0.25) is 9.89 Å². The molecular weight excluding hydrogens is 202 g/mol. The van der Waals surface area contributed by atoms with Crippen molar-refractivity contribution in [3.63, 3.8) is 0 Å². The van der Waals surface area contributed by atoms with Crippen LogP contribution in [0.5, 0.6) is 0 Å². The van der Waals surface area contributed by atoms with E-state index in [1.54, 1.807) is 12.4 Å². The van der Waals surface area contributed by atoms with Crippen LogP contribution in [-0.4, -0.2) is 34.1 Å². The molecule has 1 heterocycles. The molecule has 1 aromatic rings. The number of hydrogen-bond acceptors (Lipinski definition) is 2. The van der Waals surface area contributed by atoms with Crippen molar-refractivity contribution in [2.24, 2.45) is 11.8 Å². The van der Waals surface area contributed by atoms with E-state index < -0.39 is 0 Å². The maximum atomic E-state index is 12.2. The van der Waals surface area contributed by atoms with Gasteiger partial charge in [0.05, 0.1) is 11.8 Å². The van der Waals surface area contributed by atoms with Crippen LogP contribution < -0.4 is 0 Å². The third-order valence-corrected chi connectivity index (χ3v) is 3.38. The molecule has 4 heteroatoms. The van der Waals surface area contributed by atoms with Crippen LogP contribution in [0.25, 0.3) is 0 Å². The van der Waals surface area contributed by atoms with E-state index in [0.29, 0.717) is 5.56 Å². The average molecular weight is 219 g/mol. The second-order valence-electron chi connectivity index (χ2n) is 5.08. The van der Waals surface area contributed by atoms with E-state index in [1.165, 1.54) is 25.7 Å². The van der Waals surface area contributed by atoms with Gasteiger partial charge in [0.25, 0.3) is 5.91 Å². The van der Waals surface area contributed by atoms with Crippen molar-refractivity contribution < 1.29 is 4.79 Å². The highest BCUT2D eigenvalue weighted by Crippen LogP contribution is 2.34. The number of carbonyl (C=O) groups excluding carboxylic acids is 1.